The third kappa shape index (κ3) is 4.41. The van der Waals surface area contributed by atoms with Gasteiger partial charge in [-0.1, -0.05) is 13.8 Å². The van der Waals surface area contributed by atoms with E-state index >= 15 is 0 Å². The SMILES string of the molecule is CC(C)CNC(=O)COC(=O)c1ccc(-n2cncn2)cc1. The maximum atomic E-state index is 11.8. The normalized spacial score (nSPS) is 10.5. The molecule has 7 nitrogen and oxygen atoms in total. The number of esters is 1. The maximum Gasteiger partial charge on any atom is 0.338 e. The van der Waals surface area contributed by atoms with Gasteiger partial charge in [0, 0.05) is 6.54 Å². The molecule has 1 heterocycles. The highest BCUT2D eigenvalue weighted by Gasteiger charge is 2.10. The molecule has 0 aliphatic carbocycles. The Kier molecular flexibility index (Phi) is 5.24. The lowest BCUT2D eigenvalue weighted by atomic mass is 10.2. The molecule has 0 aliphatic rings. The summed E-state index contributed by atoms with van der Waals surface area (Å²) in [5.41, 5.74) is 1.16. The number of carbonyl (C=O) groups excluding carboxylic acids is 2. The van der Waals surface area contributed by atoms with Crippen LogP contribution in [0.5, 0.6) is 0 Å². The lowest BCUT2D eigenvalue weighted by Crippen LogP contribution is -2.31. The molecule has 0 unspecified atom stereocenters. The van der Waals surface area contributed by atoms with Crippen LogP contribution in [-0.4, -0.2) is 39.8 Å². The molecule has 1 amide bonds. The van der Waals surface area contributed by atoms with Gasteiger partial charge in [-0.3, -0.25) is 4.79 Å². The van der Waals surface area contributed by atoms with Crippen molar-refractivity contribution in [1.82, 2.24) is 20.1 Å². The molecule has 1 N–H and O–H groups in total. The van der Waals surface area contributed by atoms with Crippen molar-refractivity contribution in [2.24, 2.45) is 5.92 Å². The van der Waals surface area contributed by atoms with Gasteiger partial charge in [0.15, 0.2) is 6.61 Å². The molecule has 0 aliphatic heterocycles. The number of nitrogens with one attached hydrogen (secondary N) is 1. The van der Waals surface area contributed by atoms with Gasteiger partial charge in [-0.05, 0) is 30.2 Å². The molecule has 0 spiro atoms. The predicted molar refractivity (Wildman–Crippen MR) is 79.5 cm³/mol. The van der Waals surface area contributed by atoms with Crippen LogP contribution in [0.4, 0.5) is 0 Å². The summed E-state index contributed by atoms with van der Waals surface area (Å²) in [6.07, 6.45) is 2.99. The molecule has 0 radical (unpaired) electrons. The Morgan fingerprint density at radius 3 is 2.59 bits per heavy atom. The lowest BCUT2D eigenvalue weighted by Gasteiger charge is -2.08. The molecule has 1 aromatic heterocycles. The monoisotopic (exact) mass is 302 g/mol. The standard InChI is InChI=1S/C15H18N4O3/c1-11(2)7-17-14(20)8-22-15(21)12-3-5-13(6-4-12)19-10-16-9-18-19/h3-6,9-11H,7-8H2,1-2H3,(H,17,20). The minimum absolute atomic E-state index is 0.281. The van der Waals surface area contributed by atoms with Crippen molar-refractivity contribution in [3.63, 3.8) is 0 Å². The van der Waals surface area contributed by atoms with E-state index in [1.54, 1.807) is 35.3 Å². The van der Waals surface area contributed by atoms with Crippen molar-refractivity contribution < 1.29 is 14.3 Å². The van der Waals surface area contributed by atoms with Gasteiger partial charge in [0.1, 0.15) is 12.7 Å². The zero-order chi connectivity index (χ0) is 15.9. The molecule has 0 saturated heterocycles. The molecule has 116 valence electrons. The number of ether oxygens (including phenoxy) is 1. The van der Waals surface area contributed by atoms with Crippen LogP contribution in [-0.2, 0) is 9.53 Å². The van der Waals surface area contributed by atoms with E-state index in [1.165, 1.54) is 6.33 Å². The highest BCUT2D eigenvalue weighted by atomic mass is 16.5. The Balaban J connectivity index is 1.86. The number of benzene rings is 1. The summed E-state index contributed by atoms with van der Waals surface area (Å²) in [6, 6.07) is 6.69. The minimum atomic E-state index is -0.537. The molecule has 2 aromatic rings. The molecule has 7 heteroatoms. The first-order valence-corrected chi connectivity index (χ1v) is 6.95. The zero-order valence-electron chi connectivity index (χ0n) is 12.5. The molecule has 22 heavy (non-hydrogen) atoms. The molecular weight excluding hydrogens is 284 g/mol. The van der Waals surface area contributed by atoms with Gasteiger partial charge in [-0.25, -0.2) is 14.5 Å². The third-order valence-corrected chi connectivity index (χ3v) is 2.83. The minimum Gasteiger partial charge on any atom is -0.452 e. The molecule has 0 fully saturated rings. The van der Waals surface area contributed by atoms with Crippen LogP contribution in [0, 0.1) is 5.92 Å². The van der Waals surface area contributed by atoms with Crippen molar-refractivity contribution >= 4 is 11.9 Å². The van der Waals surface area contributed by atoms with E-state index in [1.807, 2.05) is 13.8 Å². The summed E-state index contributed by atoms with van der Waals surface area (Å²) in [6.45, 7) is 4.26. The number of amides is 1. The Bertz CT molecular complexity index is 621. The number of carbonyl (C=O) groups is 2. The molecule has 0 saturated carbocycles. The molecule has 0 bridgehead atoms. The van der Waals surface area contributed by atoms with Crippen molar-refractivity contribution in [3.8, 4) is 5.69 Å². The maximum absolute atomic E-state index is 11.8. The van der Waals surface area contributed by atoms with Gasteiger partial charge in [0.2, 0.25) is 0 Å². The van der Waals surface area contributed by atoms with Crippen LogP contribution in [0.3, 0.4) is 0 Å². The average molecular weight is 302 g/mol. The number of hydrogen-bond donors (Lipinski definition) is 1. The first-order valence-electron chi connectivity index (χ1n) is 6.95. The van der Waals surface area contributed by atoms with Crippen LogP contribution in [0.1, 0.15) is 24.2 Å². The summed E-state index contributed by atoms with van der Waals surface area (Å²) >= 11 is 0. The second kappa shape index (κ2) is 7.35. The van der Waals surface area contributed by atoms with E-state index in [0.717, 1.165) is 5.69 Å². The molecular formula is C15H18N4O3. The van der Waals surface area contributed by atoms with Crippen molar-refractivity contribution in [2.45, 2.75) is 13.8 Å². The lowest BCUT2D eigenvalue weighted by molar-refractivity contribution is -0.124. The number of hydrogen-bond acceptors (Lipinski definition) is 5. The average Bonchev–Trinajstić information content (AvgIpc) is 3.05. The second-order valence-electron chi connectivity index (χ2n) is 5.16. The van der Waals surface area contributed by atoms with Crippen LogP contribution in [0.15, 0.2) is 36.9 Å². The fourth-order valence-corrected chi connectivity index (χ4v) is 1.68. The highest BCUT2D eigenvalue weighted by Crippen LogP contribution is 2.09. The fourth-order valence-electron chi connectivity index (χ4n) is 1.68. The number of nitrogens with zero attached hydrogens (tertiary/aromatic N) is 3. The summed E-state index contributed by atoms with van der Waals surface area (Å²) in [7, 11) is 0. The van der Waals surface area contributed by atoms with Crippen LogP contribution in [0.2, 0.25) is 0 Å². The third-order valence-electron chi connectivity index (χ3n) is 2.83. The van der Waals surface area contributed by atoms with Crippen LogP contribution in [0.25, 0.3) is 5.69 Å². The van der Waals surface area contributed by atoms with Crippen molar-refractivity contribution in [3.05, 3.63) is 42.5 Å². The van der Waals surface area contributed by atoms with Gasteiger partial charge >= 0.3 is 5.97 Å². The largest absolute Gasteiger partial charge is 0.452 e. The van der Waals surface area contributed by atoms with E-state index in [0.29, 0.717) is 18.0 Å². The Labute approximate surface area is 128 Å². The summed E-state index contributed by atoms with van der Waals surface area (Å²) in [5.74, 6) is -0.491. The molecule has 0 atom stereocenters. The molecule has 1 aromatic carbocycles. The first kappa shape index (κ1) is 15.7. The van der Waals surface area contributed by atoms with Crippen LogP contribution >= 0.6 is 0 Å². The predicted octanol–water partition coefficient (Wildman–Crippen LogP) is 1.20. The van der Waals surface area contributed by atoms with Gasteiger partial charge in [-0.2, -0.15) is 5.10 Å². The van der Waals surface area contributed by atoms with Crippen molar-refractivity contribution in [1.29, 1.82) is 0 Å². The first-order chi connectivity index (χ1) is 10.6. The van der Waals surface area contributed by atoms with E-state index in [4.69, 9.17) is 4.74 Å². The second-order valence-corrected chi connectivity index (χ2v) is 5.16. The fraction of sp³-hybridized carbons (Fsp3) is 0.333. The summed E-state index contributed by atoms with van der Waals surface area (Å²) in [5, 5.41) is 6.67. The van der Waals surface area contributed by atoms with E-state index in [-0.39, 0.29) is 12.5 Å². The smallest absolute Gasteiger partial charge is 0.338 e. The number of rotatable bonds is 6. The number of aromatic nitrogens is 3. The van der Waals surface area contributed by atoms with E-state index in [9.17, 15) is 9.59 Å². The van der Waals surface area contributed by atoms with Gasteiger partial charge in [-0.15, -0.1) is 0 Å². The van der Waals surface area contributed by atoms with Crippen molar-refractivity contribution in [2.75, 3.05) is 13.2 Å². The van der Waals surface area contributed by atoms with Gasteiger partial charge < -0.3 is 10.1 Å². The topological polar surface area (TPSA) is 86.1 Å². The zero-order valence-corrected chi connectivity index (χ0v) is 12.5. The van der Waals surface area contributed by atoms with E-state index in [2.05, 4.69) is 15.4 Å². The highest BCUT2D eigenvalue weighted by molar-refractivity contribution is 5.91. The van der Waals surface area contributed by atoms with Gasteiger partial charge in [0.05, 0.1) is 11.3 Å². The quantitative estimate of drug-likeness (QED) is 0.810. The summed E-state index contributed by atoms with van der Waals surface area (Å²) in [4.78, 5) is 27.2. The van der Waals surface area contributed by atoms with E-state index < -0.39 is 5.97 Å². The Hall–Kier alpha value is -2.70. The van der Waals surface area contributed by atoms with Crippen LogP contribution < -0.4 is 5.32 Å². The van der Waals surface area contributed by atoms with Gasteiger partial charge in [0.25, 0.3) is 5.91 Å². The summed E-state index contributed by atoms with van der Waals surface area (Å²) < 4.78 is 6.54. The Morgan fingerprint density at radius 2 is 2.00 bits per heavy atom. The Morgan fingerprint density at radius 1 is 1.27 bits per heavy atom. The molecule has 2 rings (SSSR count).